The van der Waals surface area contributed by atoms with Gasteiger partial charge in [-0.1, -0.05) is 18.2 Å². The molecule has 4 nitrogen and oxygen atoms in total. The molecule has 5 heteroatoms. The van der Waals surface area contributed by atoms with Crippen LogP contribution in [-0.2, 0) is 22.0 Å². The van der Waals surface area contributed by atoms with Crippen molar-refractivity contribution in [3.63, 3.8) is 0 Å². The Labute approximate surface area is 103 Å². The Hall–Kier alpha value is -1.36. The number of fused-ring (bicyclic) bond motifs is 1. The normalized spacial score (nSPS) is 19.2. The SMILES string of the molecule is CS(=O)CCNC(=O)[C@@H]1Cc2ccccc2N1. The summed E-state index contributed by atoms with van der Waals surface area (Å²) in [6.07, 6.45) is 2.35. The Bertz CT molecular complexity index is 423. The number of nitrogens with one attached hydrogen (secondary N) is 2. The summed E-state index contributed by atoms with van der Waals surface area (Å²) in [7, 11) is -0.859. The molecule has 0 saturated carbocycles. The molecule has 1 aliphatic heterocycles. The number of anilines is 1. The minimum atomic E-state index is -0.859. The van der Waals surface area contributed by atoms with E-state index in [0.717, 1.165) is 12.1 Å². The lowest BCUT2D eigenvalue weighted by Crippen LogP contribution is -2.39. The van der Waals surface area contributed by atoms with Gasteiger partial charge in [-0.15, -0.1) is 0 Å². The predicted molar refractivity (Wildman–Crippen MR) is 69.5 cm³/mol. The lowest BCUT2D eigenvalue weighted by Gasteiger charge is -2.11. The molecule has 1 aliphatic rings. The topological polar surface area (TPSA) is 58.2 Å². The van der Waals surface area contributed by atoms with E-state index < -0.39 is 10.8 Å². The van der Waals surface area contributed by atoms with Crippen LogP contribution >= 0.6 is 0 Å². The number of rotatable bonds is 4. The molecule has 17 heavy (non-hydrogen) atoms. The monoisotopic (exact) mass is 252 g/mol. The molecule has 0 saturated heterocycles. The molecule has 2 rings (SSSR count). The van der Waals surface area contributed by atoms with Gasteiger partial charge in [0.2, 0.25) is 5.91 Å². The van der Waals surface area contributed by atoms with Crippen LogP contribution in [0, 0.1) is 0 Å². The highest BCUT2D eigenvalue weighted by molar-refractivity contribution is 7.84. The summed E-state index contributed by atoms with van der Waals surface area (Å²) in [5.41, 5.74) is 2.21. The molecule has 0 bridgehead atoms. The molecule has 0 aliphatic carbocycles. The van der Waals surface area contributed by atoms with Crippen LogP contribution in [0.25, 0.3) is 0 Å². The van der Waals surface area contributed by atoms with Gasteiger partial charge in [-0.25, -0.2) is 0 Å². The fourth-order valence-corrected chi connectivity index (χ4v) is 2.29. The van der Waals surface area contributed by atoms with Crippen LogP contribution in [0.5, 0.6) is 0 Å². The van der Waals surface area contributed by atoms with Gasteiger partial charge in [-0.05, 0) is 11.6 Å². The van der Waals surface area contributed by atoms with Crippen LogP contribution in [0.15, 0.2) is 24.3 Å². The number of hydrogen-bond acceptors (Lipinski definition) is 3. The first-order chi connectivity index (χ1) is 8.16. The van der Waals surface area contributed by atoms with Gasteiger partial charge in [0.25, 0.3) is 0 Å². The number of para-hydroxylation sites is 1. The first-order valence-corrected chi connectivity index (χ1v) is 7.31. The average molecular weight is 252 g/mol. The average Bonchev–Trinajstić information content (AvgIpc) is 2.71. The minimum Gasteiger partial charge on any atom is -0.373 e. The molecule has 92 valence electrons. The summed E-state index contributed by atoms with van der Waals surface area (Å²) in [6.45, 7) is 0.469. The van der Waals surface area contributed by atoms with Crippen molar-refractivity contribution in [2.45, 2.75) is 12.5 Å². The summed E-state index contributed by atoms with van der Waals surface area (Å²) in [5, 5.41) is 5.98. The molecule has 2 N–H and O–H groups in total. The molecule has 0 radical (unpaired) electrons. The molecule has 1 unspecified atom stereocenters. The third-order valence-corrected chi connectivity index (χ3v) is 3.56. The van der Waals surface area contributed by atoms with Crippen molar-refractivity contribution >= 4 is 22.4 Å². The minimum absolute atomic E-state index is 0.0216. The number of carbonyl (C=O) groups is 1. The van der Waals surface area contributed by atoms with E-state index in [1.807, 2.05) is 24.3 Å². The van der Waals surface area contributed by atoms with Gasteiger partial charge in [0.05, 0.1) is 0 Å². The maximum absolute atomic E-state index is 11.8. The van der Waals surface area contributed by atoms with Crippen LogP contribution in [0.2, 0.25) is 0 Å². The van der Waals surface area contributed by atoms with Crippen LogP contribution in [0.1, 0.15) is 5.56 Å². The van der Waals surface area contributed by atoms with Crippen molar-refractivity contribution in [3.05, 3.63) is 29.8 Å². The first-order valence-electron chi connectivity index (χ1n) is 5.59. The van der Waals surface area contributed by atoms with E-state index in [1.54, 1.807) is 6.26 Å². The van der Waals surface area contributed by atoms with Crippen molar-refractivity contribution in [2.24, 2.45) is 0 Å². The van der Waals surface area contributed by atoms with Gasteiger partial charge in [-0.2, -0.15) is 0 Å². The highest BCUT2D eigenvalue weighted by Gasteiger charge is 2.25. The quantitative estimate of drug-likeness (QED) is 0.821. The number of carbonyl (C=O) groups excluding carboxylic acids is 1. The van der Waals surface area contributed by atoms with Crippen molar-refractivity contribution in [2.75, 3.05) is 23.9 Å². The zero-order valence-electron chi connectivity index (χ0n) is 9.73. The first kappa shape index (κ1) is 12.1. The molecule has 0 aromatic heterocycles. The van der Waals surface area contributed by atoms with Gasteiger partial charge >= 0.3 is 0 Å². The molecule has 1 aromatic carbocycles. The van der Waals surface area contributed by atoms with E-state index in [-0.39, 0.29) is 11.9 Å². The standard InChI is InChI=1S/C12H16N2O2S/c1-17(16)7-6-13-12(15)11-8-9-4-2-3-5-10(9)14-11/h2-5,11,14H,6-8H2,1H3,(H,13,15)/t11-,17?/m0/s1. The highest BCUT2D eigenvalue weighted by Crippen LogP contribution is 2.24. The van der Waals surface area contributed by atoms with E-state index in [2.05, 4.69) is 10.6 Å². The van der Waals surface area contributed by atoms with Gasteiger partial charge in [0, 0.05) is 41.5 Å². The van der Waals surface area contributed by atoms with Crippen LogP contribution in [0.4, 0.5) is 5.69 Å². The summed E-state index contributed by atoms with van der Waals surface area (Å²) in [6, 6.07) is 7.73. The molecular formula is C12H16N2O2S. The third kappa shape index (κ3) is 3.06. The Morgan fingerprint density at radius 2 is 2.29 bits per heavy atom. The third-order valence-electron chi connectivity index (χ3n) is 2.78. The van der Waals surface area contributed by atoms with Crippen molar-refractivity contribution in [3.8, 4) is 0 Å². The van der Waals surface area contributed by atoms with E-state index in [9.17, 15) is 9.00 Å². The van der Waals surface area contributed by atoms with Gasteiger partial charge in [0.15, 0.2) is 0 Å². The second-order valence-corrected chi connectivity index (χ2v) is 5.68. The highest BCUT2D eigenvalue weighted by atomic mass is 32.2. The fraction of sp³-hybridized carbons (Fsp3) is 0.417. The summed E-state index contributed by atoms with van der Waals surface area (Å²) < 4.78 is 10.9. The van der Waals surface area contributed by atoms with E-state index >= 15 is 0 Å². The predicted octanol–water partition coefficient (Wildman–Crippen LogP) is 0.518. The van der Waals surface area contributed by atoms with Crippen LogP contribution in [-0.4, -0.2) is 34.7 Å². The second kappa shape index (κ2) is 5.31. The molecule has 0 spiro atoms. The summed E-state index contributed by atoms with van der Waals surface area (Å²) in [4.78, 5) is 11.8. The maximum Gasteiger partial charge on any atom is 0.242 e. The largest absolute Gasteiger partial charge is 0.373 e. The van der Waals surface area contributed by atoms with E-state index in [1.165, 1.54) is 5.56 Å². The molecule has 1 amide bonds. The maximum atomic E-state index is 11.8. The van der Waals surface area contributed by atoms with Crippen molar-refractivity contribution in [1.82, 2.24) is 5.32 Å². The van der Waals surface area contributed by atoms with Crippen LogP contribution in [0.3, 0.4) is 0 Å². The second-order valence-electron chi connectivity index (χ2n) is 4.13. The lowest BCUT2D eigenvalue weighted by atomic mass is 10.1. The summed E-state index contributed by atoms with van der Waals surface area (Å²) in [5.74, 6) is 0.484. The van der Waals surface area contributed by atoms with E-state index in [4.69, 9.17) is 0 Å². The Morgan fingerprint density at radius 1 is 1.53 bits per heavy atom. The molecule has 1 heterocycles. The van der Waals surface area contributed by atoms with E-state index in [0.29, 0.717) is 12.3 Å². The number of benzene rings is 1. The molecule has 1 aromatic rings. The Balaban J connectivity index is 1.86. The molecule has 0 fully saturated rings. The summed E-state index contributed by atoms with van der Waals surface area (Å²) >= 11 is 0. The van der Waals surface area contributed by atoms with Gasteiger partial charge in [-0.3, -0.25) is 9.00 Å². The van der Waals surface area contributed by atoms with Crippen LogP contribution < -0.4 is 10.6 Å². The zero-order chi connectivity index (χ0) is 12.3. The zero-order valence-corrected chi connectivity index (χ0v) is 10.5. The molecule has 2 atom stereocenters. The van der Waals surface area contributed by atoms with Crippen molar-refractivity contribution in [1.29, 1.82) is 0 Å². The van der Waals surface area contributed by atoms with Gasteiger partial charge in [0.1, 0.15) is 6.04 Å². The van der Waals surface area contributed by atoms with Crippen molar-refractivity contribution < 1.29 is 9.00 Å². The number of amides is 1. The molecular weight excluding hydrogens is 236 g/mol. The smallest absolute Gasteiger partial charge is 0.242 e. The Kier molecular flexibility index (Phi) is 3.78. The Morgan fingerprint density at radius 3 is 3.00 bits per heavy atom. The fourth-order valence-electron chi connectivity index (χ4n) is 1.90. The number of hydrogen-bond donors (Lipinski definition) is 2. The van der Waals surface area contributed by atoms with Gasteiger partial charge < -0.3 is 10.6 Å². The lowest BCUT2D eigenvalue weighted by molar-refractivity contribution is -0.121.